The molecule has 0 saturated carbocycles. The van der Waals surface area contributed by atoms with E-state index in [-0.39, 0.29) is 0 Å². The van der Waals surface area contributed by atoms with Gasteiger partial charge in [-0.25, -0.2) is 4.98 Å². The first-order chi connectivity index (χ1) is 5.22. The Kier molecular flexibility index (Phi) is 4.50. The quantitative estimate of drug-likeness (QED) is 0.620. The standard InChI is InChI=1S/C6H11N3.C2H6/c1-5(2)6-7-4-8-9(6)3;1-2/h4-5H,1-3H3;1-2H3. The highest BCUT2D eigenvalue weighted by Crippen LogP contribution is 2.07. The molecule has 0 aliphatic heterocycles. The van der Waals surface area contributed by atoms with Crippen molar-refractivity contribution in [3.05, 3.63) is 12.2 Å². The van der Waals surface area contributed by atoms with Crippen molar-refractivity contribution in [2.75, 3.05) is 0 Å². The van der Waals surface area contributed by atoms with Gasteiger partial charge in [0.05, 0.1) is 0 Å². The smallest absolute Gasteiger partial charge is 0.138 e. The van der Waals surface area contributed by atoms with Crippen LogP contribution in [-0.4, -0.2) is 14.8 Å². The van der Waals surface area contributed by atoms with Gasteiger partial charge in [-0.3, -0.25) is 4.68 Å². The molecule has 0 aliphatic carbocycles. The molecule has 0 aromatic carbocycles. The van der Waals surface area contributed by atoms with Gasteiger partial charge in [0.1, 0.15) is 12.2 Å². The Balaban J connectivity index is 0.000000461. The molecule has 1 aromatic rings. The third-order valence-corrected chi connectivity index (χ3v) is 1.26. The van der Waals surface area contributed by atoms with E-state index in [2.05, 4.69) is 23.9 Å². The Morgan fingerprint density at radius 2 is 1.91 bits per heavy atom. The zero-order chi connectivity index (χ0) is 8.85. The van der Waals surface area contributed by atoms with E-state index >= 15 is 0 Å². The van der Waals surface area contributed by atoms with Crippen LogP contribution in [0.3, 0.4) is 0 Å². The van der Waals surface area contributed by atoms with Crippen LogP contribution < -0.4 is 0 Å². The number of aromatic nitrogens is 3. The highest BCUT2D eigenvalue weighted by Gasteiger charge is 2.02. The number of hydrogen-bond acceptors (Lipinski definition) is 2. The largest absolute Gasteiger partial charge is 0.253 e. The molecule has 0 aliphatic rings. The number of aryl methyl sites for hydroxylation is 1. The van der Waals surface area contributed by atoms with Crippen LogP contribution in [0.15, 0.2) is 6.33 Å². The first-order valence-electron chi connectivity index (χ1n) is 4.05. The van der Waals surface area contributed by atoms with Gasteiger partial charge in [0.2, 0.25) is 0 Å². The lowest BCUT2D eigenvalue weighted by Crippen LogP contribution is -2.00. The monoisotopic (exact) mass is 155 g/mol. The fourth-order valence-electron chi connectivity index (χ4n) is 0.828. The van der Waals surface area contributed by atoms with E-state index in [1.165, 1.54) is 0 Å². The molecule has 0 unspecified atom stereocenters. The summed E-state index contributed by atoms with van der Waals surface area (Å²) in [7, 11) is 1.91. The average Bonchev–Trinajstić information content (AvgIpc) is 2.39. The first-order valence-corrected chi connectivity index (χ1v) is 4.05. The van der Waals surface area contributed by atoms with Crippen LogP contribution in [0.1, 0.15) is 39.4 Å². The molecule has 0 fully saturated rings. The molecule has 0 saturated heterocycles. The average molecular weight is 155 g/mol. The Labute approximate surface area is 68.5 Å². The van der Waals surface area contributed by atoms with Crippen molar-refractivity contribution in [3.8, 4) is 0 Å². The normalized spacial score (nSPS) is 9.27. The minimum Gasteiger partial charge on any atom is -0.253 e. The fraction of sp³-hybridized carbons (Fsp3) is 0.750. The van der Waals surface area contributed by atoms with Gasteiger partial charge in [0.25, 0.3) is 0 Å². The minimum absolute atomic E-state index is 0.470. The Morgan fingerprint density at radius 3 is 2.09 bits per heavy atom. The second kappa shape index (κ2) is 4.88. The summed E-state index contributed by atoms with van der Waals surface area (Å²) < 4.78 is 1.80. The topological polar surface area (TPSA) is 30.7 Å². The Bertz CT molecular complexity index is 191. The Hall–Kier alpha value is -0.860. The van der Waals surface area contributed by atoms with Gasteiger partial charge in [0, 0.05) is 13.0 Å². The molecule has 1 heterocycles. The number of nitrogens with zero attached hydrogens (tertiary/aromatic N) is 3. The van der Waals surface area contributed by atoms with E-state index in [1.54, 1.807) is 11.0 Å². The van der Waals surface area contributed by atoms with E-state index in [4.69, 9.17) is 0 Å². The summed E-state index contributed by atoms with van der Waals surface area (Å²) >= 11 is 0. The molecule has 64 valence electrons. The molecule has 0 spiro atoms. The van der Waals surface area contributed by atoms with E-state index in [1.807, 2.05) is 20.9 Å². The maximum atomic E-state index is 4.07. The molecule has 1 aromatic heterocycles. The summed E-state index contributed by atoms with van der Waals surface area (Å²) in [6.45, 7) is 8.20. The lowest BCUT2D eigenvalue weighted by Gasteiger charge is -2.00. The summed E-state index contributed by atoms with van der Waals surface area (Å²) in [6.07, 6.45) is 1.58. The zero-order valence-electron chi connectivity index (χ0n) is 8.00. The first kappa shape index (κ1) is 10.1. The molecular weight excluding hydrogens is 138 g/mol. The fourth-order valence-corrected chi connectivity index (χ4v) is 0.828. The molecule has 1 rings (SSSR count). The predicted molar refractivity (Wildman–Crippen MR) is 46.4 cm³/mol. The molecule has 0 bridgehead atoms. The van der Waals surface area contributed by atoms with Gasteiger partial charge < -0.3 is 0 Å². The lowest BCUT2D eigenvalue weighted by atomic mass is 10.2. The molecular formula is C8H17N3. The highest BCUT2D eigenvalue weighted by atomic mass is 15.3. The van der Waals surface area contributed by atoms with Crippen LogP contribution in [-0.2, 0) is 7.05 Å². The molecule has 0 amide bonds. The zero-order valence-corrected chi connectivity index (χ0v) is 8.00. The van der Waals surface area contributed by atoms with Crippen LogP contribution in [0.25, 0.3) is 0 Å². The van der Waals surface area contributed by atoms with Crippen LogP contribution >= 0.6 is 0 Å². The summed E-state index contributed by atoms with van der Waals surface area (Å²) in [5, 5.41) is 3.94. The van der Waals surface area contributed by atoms with Crippen LogP contribution in [0.5, 0.6) is 0 Å². The van der Waals surface area contributed by atoms with Crippen molar-refractivity contribution in [2.24, 2.45) is 7.05 Å². The maximum absolute atomic E-state index is 4.07. The third kappa shape index (κ3) is 2.70. The van der Waals surface area contributed by atoms with Crippen LogP contribution in [0, 0.1) is 0 Å². The highest BCUT2D eigenvalue weighted by molar-refractivity contribution is 4.89. The van der Waals surface area contributed by atoms with E-state index in [0.717, 1.165) is 5.82 Å². The summed E-state index contributed by atoms with van der Waals surface area (Å²) in [4.78, 5) is 4.07. The molecule has 0 atom stereocenters. The lowest BCUT2D eigenvalue weighted by molar-refractivity contribution is 0.655. The van der Waals surface area contributed by atoms with Crippen molar-refractivity contribution in [1.29, 1.82) is 0 Å². The SMILES string of the molecule is CC.CC(C)c1ncnn1C. The molecule has 0 radical (unpaired) electrons. The minimum atomic E-state index is 0.470. The summed E-state index contributed by atoms with van der Waals surface area (Å²) in [6, 6.07) is 0. The Morgan fingerprint density at radius 1 is 1.36 bits per heavy atom. The summed E-state index contributed by atoms with van der Waals surface area (Å²) in [5.41, 5.74) is 0. The van der Waals surface area contributed by atoms with Gasteiger partial charge in [-0.1, -0.05) is 27.7 Å². The maximum Gasteiger partial charge on any atom is 0.138 e. The van der Waals surface area contributed by atoms with Crippen LogP contribution in [0.2, 0.25) is 0 Å². The molecule has 3 nitrogen and oxygen atoms in total. The van der Waals surface area contributed by atoms with E-state index in [0.29, 0.717) is 5.92 Å². The second-order valence-corrected chi connectivity index (χ2v) is 2.40. The van der Waals surface area contributed by atoms with Gasteiger partial charge in [-0.05, 0) is 0 Å². The molecule has 11 heavy (non-hydrogen) atoms. The van der Waals surface area contributed by atoms with Crippen molar-refractivity contribution >= 4 is 0 Å². The van der Waals surface area contributed by atoms with Crippen molar-refractivity contribution in [1.82, 2.24) is 14.8 Å². The van der Waals surface area contributed by atoms with Crippen molar-refractivity contribution in [2.45, 2.75) is 33.6 Å². The van der Waals surface area contributed by atoms with Crippen molar-refractivity contribution < 1.29 is 0 Å². The van der Waals surface area contributed by atoms with E-state index < -0.39 is 0 Å². The number of rotatable bonds is 1. The molecule has 0 N–H and O–H groups in total. The predicted octanol–water partition coefficient (Wildman–Crippen LogP) is 1.96. The summed E-state index contributed by atoms with van der Waals surface area (Å²) in [5.74, 6) is 1.51. The van der Waals surface area contributed by atoms with Gasteiger partial charge in [0.15, 0.2) is 0 Å². The van der Waals surface area contributed by atoms with Crippen LogP contribution in [0.4, 0.5) is 0 Å². The third-order valence-electron chi connectivity index (χ3n) is 1.26. The van der Waals surface area contributed by atoms with Crippen molar-refractivity contribution in [3.63, 3.8) is 0 Å². The van der Waals surface area contributed by atoms with Gasteiger partial charge >= 0.3 is 0 Å². The number of hydrogen-bond donors (Lipinski definition) is 0. The molecule has 3 heteroatoms. The van der Waals surface area contributed by atoms with Gasteiger partial charge in [-0.2, -0.15) is 5.10 Å². The second-order valence-electron chi connectivity index (χ2n) is 2.40. The van der Waals surface area contributed by atoms with Gasteiger partial charge in [-0.15, -0.1) is 0 Å². The van der Waals surface area contributed by atoms with E-state index in [9.17, 15) is 0 Å².